The molecule has 0 spiro atoms. The van der Waals surface area contributed by atoms with E-state index in [1.807, 2.05) is 0 Å². The van der Waals surface area contributed by atoms with Crippen molar-refractivity contribution in [1.82, 2.24) is 4.90 Å². The molecule has 1 heterocycles. The summed E-state index contributed by atoms with van der Waals surface area (Å²) in [5, 5.41) is 0. The van der Waals surface area contributed by atoms with Crippen LogP contribution in [0.25, 0.3) is 0 Å². The first-order valence-electron chi connectivity index (χ1n) is 3.96. The van der Waals surface area contributed by atoms with Gasteiger partial charge in [-0.2, -0.15) is 0 Å². The predicted octanol–water partition coefficient (Wildman–Crippen LogP) is 1.68. The SMILES string of the molecule is CC(C)(C)N1COC(CCl)C1. The molecule has 1 rings (SSSR count). The molecular formula is C8H16ClNO. The highest BCUT2D eigenvalue weighted by atomic mass is 35.5. The van der Waals surface area contributed by atoms with Crippen molar-refractivity contribution in [2.75, 3.05) is 19.2 Å². The van der Waals surface area contributed by atoms with E-state index < -0.39 is 0 Å². The fourth-order valence-electron chi connectivity index (χ4n) is 1.11. The van der Waals surface area contributed by atoms with Gasteiger partial charge in [0.05, 0.1) is 12.8 Å². The number of hydrogen-bond acceptors (Lipinski definition) is 2. The number of nitrogens with zero attached hydrogens (tertiary/aromatic N) is 1. The van der Waals surface area contributed by atoms with Gasteiger partial charge in [-0.05, 0) is 20.8 Å². The van der Waals surface area contributed by atoms with Crippen LogP contribution >= 0.6 is 11.6 Å². The maximum absolute atomic E-state index is 5.67. The largest absolute Gasteiger partial charge is 0.360 e. The van der Waals surface area contributed by atoms with Gasteiger partial charge < -0.3 is 4.74 Å². The fourth-order valence-corrected chi connectivity index (χ4v) is 1.29. The average molecular weight is 178 g/mol. The van der Waals surface area contributed by atoms with Gasteiger partial charge in [0, 0.05) is 18.0 Å². The lowest BCUT2D eigenvalue weighted by atomic mass is 10.1. The van der Waals surface area contributed by atoms with Gasteiger partial charge in [0.15, 0.2) is 0 Å². The van der Waals surface area contributed by atoms with E-state index in [0.717, 1.165) is 13.3 Å². The molecule has 1 saturated heterocycles. The van der Waals surface area contributed by atoms with E-state index in [9.17, 15) is 0 Å². The Bertz CT molecular complexity index is 133. The first kappa shape index (κ1) is 9.30. The van der Waals surface area contributed by atoms with Crippen LogP contribution < -0.4 is 0 Å². The summed E-state index contributed by atoms with van der Waals surface area (Å²) in [4.78, 5) is 2.29. The molecule has 0 amide bonds. The third-order valence-corrected chi connectivity index (χ3v) is 2.36. The zero-order valence-corrected chi connectivity index (χ0v) is 8.19. The zero-order chi connectivity index (χ0) is 8.48. The van der Waals surface area contributed by atoms with Crippen molar-refractivity contribution in [3.63, 3.8) is 0 Å². The molecule has 0 aromatic rings. The van der Waals surface area contributed by atoms with Crippen molar-refractivity contribution in [3.8, 4) is 0 Å². The summed E-state index contributed by atoms with van der Waals surface area (Å²) in [6, 6.07) is 0. The topological polar surface area (TPSA) is 12.5 Å². The maximum atomic E-state index is 5.67. The van der Waals surface area contributed by atoms with E-state index in [1.54, 1.807) is 0 Å². The Morgan fingerprint density at radius 2 is 2.18 bits per heavy atom. The molecule has 11 heavy (non-hydrogen) atoms. The second-order valence-corrected chi connectivity index (χ2v) is 4.27. The quantitative estimate of drug-likeness (QED) is 0.566. The standard InChI is InChI=1S/C8H16ClNO/c1-8(2,3)10-5-7(4-9)11-6-10/h7H,4-6H2,1-3H3. The van der Waals surface area contributed by atoms with E-state index in [1.165, 1.54) is 0 Å². The third kappa shape index (κ3) is 2.32. The molecule has 1 fully saturated rings. The van der Waals surface area contributed by atoms with Gasteiger partial charge >= 0.3 is 0 Å². The molecule has 1 unspecified atom stereocenters. The smallest absolute Gasteiger partial charge is 0.1000 e. The molecule has 1 atom stereocenters. The first-order chi connectivity index (χ1) is 5.04. The van der Waals surface area contributed by atoms with Crippen molar-refractivity contribution in [2.45, 2.75) is 32.4 Å². The molecular weight excluding hydrogens is 162 g/mol. The van der Waals surface area contributed by atoms with Crippen LogP contribution in [0.3, 0.4) is 0 Å². The summed E-state index contributed by atoms with van der Waals surface area (Å²) >= 11 is 5.67. The van der Waals surface area contributed by atoms with Crippen LogP contribution in [0, 0.1) is 0 Å². The molecule has 66 valence electrons. The Morgan fingerprint density at radius 1 is 1.55 bits per heavy atom. The fraction of sp³-hybridized carbons (Fsp3) is 1.00. The Kier molecular flexibility index (Phi) is 2.79. The minimum Gasteiger partial charge on any atom is -0.360 e. The van der Waals surface area contributed by atoms with Gasteiger partial charge in [0.1, 0.15) is 0 Å². The summed E-state index contributed by atoms with van der Waals surface area (Å²) in [5.74, 6) is 0.604. The van der Waals surface area contributed by atoms with Crippen LogP contribution in [0.5, 0.6) is 0 Å². The molecule has 0 aromatic carbocycles. The molecule has 1 aliphatic rings. The Labute approximate surface area is 73.5 Å². The van der Waals surface area contributed by atoms with E-state index >= 15 is 0 Å². The van der Waals surface area contributed by atoms with Crippen LogP contribution in [-0.2, 0) is 4.74 Å². The van der Waals surface area contributed by atoms with E-state index in [4.69, 9.17) is 16.3 Å². The molecule has 0 radical (unpaired) electrons. The number of ether oxygens (including phenoxy) is 1. The van der Waals surface area contributed by atoms with Gasteiger partial charge in [0.2, 0.25) is 0 Å². The minimum absolute atomic E-state index is 0.209. The third-order valence-electron chi connectivity index (χ3n) is 2.01. The van der Waals surface area contributed by atoms with Gasteiger partial charge in [-0.15, -0.1) is 11.6 Å². The summed E-state index contributed by atoms with van der Waals surface area (Å²) in [6.45, 7) is 8.25. The van der Waals surface area contributed by atoms with Crippen LogP contribution in [-0.4, -0.2) is 35.7 Å². The molecule has 1 aliphatic heterocycles. The Hall–Kier alpha value is 0.210. The lowest BCUT2D eigenvalue weighted by molar-refractivity contribution is 0.0669. The summed E-state index contributed by atoms with van der Waals surface area (Å²) in [7, 11) is 0. The zero-order valence-electron chi connectivity index (χ0n) is 7.43. The highest BCUT2D eigenvalue weighted by Crippen LogP contribution is 2.19. The predicted molar refractivity (Wildman–Crippen MR) is 46.9 cm³/mol. The Balaban J connectivity index is 2.42. The second kappa shape index (κ2) is 3.30. The van der Waals surface area contributed by atoms with Gasteiger partial charge in [-0.25, -0.2) is 0 Å². The highest BCUT2D eigenvalue weighted by Gasteiger charge is 2.30. The average Bonchev–Trinajstić information content (AvgIpc) is 2.32. The molecule has 0 saturated carbocycles. The summed E-state index contributed by atoms with van der Waals surface area (Å²) in [6.07, 6.45) is 0.232. The van der Waals surface area contributed by atoms with E-state index in [-0.39, 0.29) is 11.6 Å². The first-order valence-corrected chi connectivity index (χ1v) is 4.50. The number of alkyl halides is 1. The normalized spacial score (nSPS) is 27.8. The summed E-state index contributed by atoms with van der Waals surface area (Å²) in [5.41, 5.74) is 0.209. The van der Waals surface area contributed by atoms with Crippen LogP contribution in [0.4, 0.5) is 0 Å². The Morgan fingerprint density at radius 3 is 2.45 bits per heavy atom. The van der Waals surface area contributed by atoms with Crippen molar-refractivity contribution < 1.29 is 4.74 Å². The van der Waals surface area contributed by atoms with Crippen molar-refractivity contribution in [1.29, 1.82) is 0 Å². The molecule has 0 N–H and O–H groups in total. The number of halogens is 1. The van der Waals surface area contributed by atoms with Gasteiger partial charge in [0.25, 0.3) is 0 Å². The van der Waals surface area contributed by atoms with Crippen molar-refractivity contribution in [3.05, 3.63) is 0 Å². The molecule has 0 bridgehead atoms. The lowest BCUT2D eigenvalue weighted by Gasteiger charge is -2.29. The molecule has 3 heteroatoms. The summed E-state index contributed by atoms with van der Waals surface area (Å²) < 4.78 is 5.44. The monoisotopic (exact) mass is 177 g/mol. The highest BCUT2D eigenvalue weighted by molar-refractivity contribution is 6.18. The molecule has 0 aromatic heterocycles. The minimum atomic E-state index is 0.209. The van der Waals surface area contributed by atoms with Gasteiger partial charge in [-0.3, -0.25) is 4.90 Å². The molecule has 2 nitrogen and oxygen atoms in total. The van der Waals surface area contributed by atoms with Gasteiger partial charge in [-0.1, -0.05) is 0 Å². The lowest BCUT2D eigenvalue weighted by Crippen LogP contribution is -2.40. The maximum Gasteiger partial charge on any atom is 0.1000 e. The number of hydrogen-bond donors (Lipinski definition) is 0. The second-order valence-electron chi connectivity index (χ2n) is 3.97. The van der Waals surface area contributed by atoms with Crippen LogP contribution in [0.1, 0.15) is 20.8 Å². The van der Waals surface area contributed by atoms with E-state index in [0.29, 0.717) is 5.88 Å². The van der Waals surface area contributed by atoms with E-state index in [2.05, 4.69) is 25.7 Å². The molecule has 0 aliphatic carbocycles. The van der Waals surface area contributed by atoms with Crippen LogP contribution in [0.15, 0.2) is 0 Å². The number of rotatable bonds is 1. The van der Waals surface area contributed by atoms with Crippen molar-refractivity contribution in [2.24, 2.45) is 0 Å². The van der Waals surface area contributed by atoms with Crippen molar-refractivity contribution >= 4 is 11.6 Å². The van der Waals surface area contributed by atoms with Crippen LogP contribution in [0.2, 0.25) is 0 Å².